The van der Waals surface area contributed by atoms with Crippen molar-refractivity contribution in [3.8, 4) is 0 Å². The Kier molecular flexibility index (Phi) is 8.02. The van der Waals surface area contributed by atoms with E-state index in [9.17, 15) is 19.2 Å². The average Bonchev–Trinajstić information content (AvgIpc) is 3.38. The maximum Gasteiger partial charge on any atom is 0.355 e. The maximum atomic E-state index is 13.7. The van der Waals surface area contributed by atoms with Crippen LogP contribution >= 0.6 is 46.6 Å². The first-order valence-corrected chi connectivity index (χ1v) is 14.6. The normalized spacial score (nSPS) is 21.0. The highest BCUT2D eigenvalue weighted by atomic mass is 35.6. The van der Waals surface area contributed by atoms with E-state index in [1.807, 2.05) is 18.2 Å². The lowest BCUT2D eigenvalue weighted by atomic mass is 9.88. The van der Waals surface area contributed by atoms with Crippen LogP contribution in [0, 0.1) is 0 Å². The van der Waals surface area contributed by atoms with Crippen LogP contribution in [-0.4, -0.2) is 56.0 Å². The number of esters is 1. The first kappa shape index (κ1) is 28.0. The number of halogens is 3. The number of ether oxygens (including phenoxy) is 1. The van der Waals surface area contributed by atoms with Gasteiger partial charge in [0.2, 0.25) is 9.70 Å². The van der Waals surface area contributed by atoms with E-state index in [0.29, 0.717) is 22.5 Å². The van der Waals surface area contributed by atoms with Gasteiger partial charge in [-0.05, 0) is 54.5 Å². The highest BCUT2D eigenvalue weighted by Crippen LogP contribution is 2.41. The van der Waals surface area contributed by atoms with Crippen LogP contribution < -0.4 is 5.32 Å². The molecule has 0 saturated carbocycles. The summed E-state index contributed by atoms with van der Waals surface area (Å²) in [7, 11) is 0. The van der Waals surface area contributed by atoms with Crippen LogP contribution in [0.25, 0.3) is 0 Å². The molecule has 2 aromatic rings. The molecule has 0 spiro atoms. The number of fused-ring (bicyclic) bond motifs is 2. The van der Waals surface area contributed by atoms with Crippen molar-refractivity contribution >= 4 is 70.1 Å². The average molecular weight is 608 g/mol. The summed E-state index contributed by atoms with van der Waals surface area (Å²) in [4.78, 5) is 54.6. The third kappa shape index (κ3) is 5.71. The number of aryl methyl sites for hydroxylation is 2. The molecule has 2 aromatic carbocycles. The number of thioether (sulfide) groups is 1. The molecule has 2 unspecified atom stereocenters. The third-order valence-corrected chi connectivity index (χ3v) is 8.81. The summed E-state index contributed by atoms with van der Waals surface area (Å²) in [6.07, 6.45) is 2.94. The number of nitrogens with zero attached hydrogens (tertiary/aromatic N) is 1. The number of Topliss-reactive ketones (excluding diaryl/α,β-unsaturated/α-hetero) is 1. The van der Waals surface area contributed by atoms with Crippen LogP contribution in [0.15, 0.2) is 59.8 Å². The molecule has 7 nitrogen and oxygen atoms in total. The molecule has 11 heteroatoms. The number of hydrogen-bond acceptors (Lipinski definition) is 6. The van der Waals surface area contributed by atoms with E-state index in [4.69, 9.17) is 39.5 Å². The molecule has 1 saturated heterocycles. The van der Waals surface area contributed by atoms with Crippen LogP contribution in [0.5, 0.6) is 0 Å². The Morgan fingerprint density at radius 1 is 1.10 bits per heavy atom. The van der Waals surface area contributed by atoms with E-state index in [1.165, 1.54) is 22.2 Å². The zero-order valence-corrected chi connectivity index (χ0v) is 24.0. The summed E-state index contributed by atoms with van der Waals surface area (Å²) in [6.45, 7) is 1.24. The Hall–Kier alpha value is -2.52. The fourth-order valence-electron chi connectivity index (χ4n) is 5.17. The molecule has 39 heavy (non-hydrogen) atoms. The number of alkyl halides is 3. The molecule has 0 radical (unpaired) electrons. The zero-order chi connectivity index (χ0) is 27.9. The molecular formula is C28H25Cl3N2O5S. The van der Waals surface area contributed by atoms with E-state index in [-0.39, 0.29) is 11.5 Å². The van der Waals surface area contributed by atoms with Gasteiger partial charge in [0.05, 0.1) is 0 Å². The van der Waals surface area contributed by atoms with Gasteiger partial charge in [0.1, 0.15) is 29.6 Å². The van der Waals surface area contributed by atoms with Gasteiger partial charge in [-0.15, -0.1) is 11.8 Å². The molecule has 2 heterocycles. The number of nitrogens with one attached hydrogen (secondary N) is 1. The highest BCUT2D eigenvalue weighted by Gasteiger charge is 2.54. The highest BCUT2D eigenvalue weighted by molar-refractivity contribution is 8.00. The third-order valence-electron chi connectivity index (χ3n) is 7.06. The van der Waals surface area contributed by atoms with Gasteiger partial charge in [-0.3, -0.25) is 19.3 Å². The molecule has 2 amide bonds. The van der Waals surface area contributed by atoms with Gasteiger partial charge in [-0.1, -0.05) is 77.3 Å². The lowest BCUT2D eigenvalue weighted by Gasteiger charge is -2.49. The second-order valence-corrected chi connectivity index (χ2v) is 13.4. The summed E-state index contributed by atoms with van der Waals surface area (Å²) in [6, 6.07) is 13.5. The topological polar surface area (TPSA) is 92.8 Å². The van der Waals surface area contributed by atoms with Crippen LogP contribution in [-0.2, 0) is 32.0 Å². The van der Waals surface area contributed by atoms with Crippen LogP contribution in [0.3, 0.4) is 0 Å². The van der Waals surface area contributed by atoms with E-state index >= 15 is 0 Å². The summed E-state index contributed by atoms with van der Waals surface area (Å²) in [5.41, 5.74) is 4.08. The van der Waals surface area contributed by atoms with Crippen molar-refractivity contribution in [2.24, 2.45) is 0 Å². The Morgan fingerprint density at radius 2 is 1.82 bits per heavy atom. The Labute approximate surface area is 245 Å². The molecular weight excluding hydrogens is 583 g/mol. The molecule has 1 fully saturated rings. The molecule has 1 aliphatic carbocycles. The molecule has 2 aliphatic heterocycles. The number of carbonyl (C=O) groups is 4. The van der Waals surface area contributed by atoms with Crippen molar-refractivity contribution in [3.05, 3.63) is 82.1 Å². The lowest BCUT2D eigenvalue weighted by molar-refractivity contribution is -0.152. The number of carbonyl (C=O) groups excluding carboxylic acids is 4. The minimum Gasteiger partial charge on any atom is -0.456 e. The van der Waals surface area contributed by atoms with Crippen LogP contribution in [0.2, 0.25) is 0 Å². The van der Waals surface area contributed by atoms with E-state index in [1.54, 1.807) is 37.3 Å². The molecule has 5 rings (SSSR count). The van der Waals surface area contributed by atoms with Crippen molar-refractivity contribution < 1.29 is 23.9 Å². The predicted molar refractivity (Wildman–Crippen MR) is 151 cm³/mol. The minimum atomic E-state index is -1.79. The summed E-state index contributed by atoms with van der Waals surface area (Å²) < 4.78 is 3.32. The number of rotatable bonds is 7. The molecule has 3 atom stereocenters. The molecule has 0 aromatic heterocycles. The fraction of sp³-hybridized carbons (Fsp3) is 0.357. The number of benzene rings is 2. The van der Waals surface area contributed by atoms with Gasteiger partial charge in [0.15, 0.2) is 5.78 Å². The largest absolute Gasteiger partial charge is 0.456 e. The van der Waals surface area contributed by atoms with Crippen molar-refractivity contribution in [3.63, 3.8) is 0 Å². The molecule has 3 aliphatic rings. The van der Waals surface area contributed by atoms with Crippen molar-refractivity contribution in [1.29, 1.82) is 0 Å². The van der Waals surface area contributed by atoms with Gasteiger partial charge in [-0.2, -0.15) is 0 Å². The molecule has 204 valence electrons. The molecule has 0 bridgehead atoms. The summed E-state index contributed by atoms with van der Waals surface area (Å²) in [5.74, 6) is -2.85. The maximum absolute atomic E-state index is 13.7. The standard InChI is InChI=1S/C28H25Cl3N2O5S/c1-15-13-39-26-21(25(36)33(26)22(15)27(37)38-14-28(29,30)31)32-24(35)20(17-6-3-2-4-7-17)23(34)19-11-10-16-8-5-9-18(16)12-19/h2-4,6-7,10-12,20-21,26H,5,8-9,13-14H2,1H3,(H,32,35)/t20?,21?,26-/m0/s1. The number of amides is 2. The Morgan fingerprint density at radius 3 is 2.54 bits per heavy atom. The SMILES string of the molecule is CC1=C(C(=O)OCC(Cl)(Cl)Cl)N2C(=O)C(NC(=O)C(C(=O)c3ccc4c(c3)CCC4)c3ccccc3)[C@@H]2SC1. The number of hydrogen-bond donors (Lipinski definition) is 1. The van der Waals surface area contributed by atoms with E-state index < -0.39 is 45.5 Å². The summed E-state index contributed by atoms with van der Waals surface area (Å²) >= 11 is 18.5. The first-order chi connectivity index (χ1) is 18.5. The molecule has 1 N–H and O–H groups in total. The number of β-lactam (4-membered cyclic amide) rings is 1. The van der Waals surface area contributed by atoms with Gasteiger partial charge in [0, 0.05) is 11.3 Å². The lowest BCUT2D eigenvalue weighted by Crippen LogP contribution is -2.71. The second-order valence-electron chi connectivity index (χ2n) is 9.76. The predicted octanol–water partition coefficient (Wildman–Crippen LogP) is 4.73. The second kappa shape index (κ2) is 11.2. The van der Waals surface area contributed by atoms with Crippen molar-refractivity contribution in [2.45, 2.75) is 47.3 Å². The van der Waals surface area contributed by atoms with Gasteiger partial charge in [0.25, 0.3) is 5.91 Å². The Balaban J connectivity index is 1.35. The van der Waals surface area contributed by atoms with Gasteiger partial charge >= 0.3 is 5.97 Å². The number of ketones is 1. The van der Waals surface area contributed by atoms with Crippen LogP contribution in [0.1, 0.15) is 46.3 Å². The van der Waals surface area contributed by atoms with E-state index in [2.05, 4.69) is 5.32 Å². The minimum absolute atomic E-state index is 0.0809. The van der Waals surface area contributed by atoms with Crippen molar-refractivity contribution in [1.82, 2.24) is 10.2 Å². The monoisotopic (exact) mass is 606 g/mol. The van der Waals surface area contributed by atoms with E-state index in [0.717, 1.165) is 24.8 Å². The fourth-order valence-corrected chi connectivity index (χ4v) is 6.63. The van der Waals surface area contributed by atoms with Gasteiger partial charge < -0.3 is 10.1 Å². The van der Waals surface area contributed by atoms with Gasteiger partial charge in [-0.25, -0.2) is 4.79 Å². The summed E-state index contributed by atoms with van der Waals surface area (Å²) in [5, 5.41) is 2.25. The smallest absolute Gasteiger partial charge is 0.355 e. The first-order valence-electron chi connectivity index (χ1n) is 12.4. The van der Waals surface area contributed by atoms with Crippen LogP contribution in [0.4, 0.5) is 0 Å². The Bertz CT molecular complexity index is 1370. The quantitative estimate of drug-likeness (QED) is 0.161. The zero-order valence-electron chi connectivity index (χ0n) is 20.9. The van der Waals surface area contributed by atoms with Crippen molar-refractivity contribution in [2.75, 3.05) is 12.4 Å².